The van der Waals surface area contributed by atoms with Gasteiger partial charge < -0.3 is 9.47 Å². The first-order valence-electron chi connectivity index (χ1n) is 5.97. The number of likely N-dealkylation sites (N-methyl/N-ethyl adjacent to an activating group) is 1. The third-order valence-electron chi connectivity index (χ3n) is 2.88. The van der Waals surface area contributed by atoms with Gasteiger partial charge in [-0.25, -0.2) is 4.98 Å². The molecule has 2 rings (SSSR count). The number of hydrogen-bond donors (Lipinski definition) is 0. The van der Waals surface area contributed by atoms with Crippen LogP contribution in [0.1, 0.15) is 5.82 Å². The molecule has 0 N–H and O–H groups in total. The molecule has 5 heteroatoms. The van der Waals surface area contributed by atoms with Gasteiger partial charge in [0, 0.05) is 29.9 Å². The molecule has 0 radical (unpaired) electrons. The summed E-state index contributed by atoms with van der Waals surface area (Å²) in [7, 11) is 4.16. The highest BCUT2D eigenvalue weighted by Crippen LogP contribution is 2.21. The lowest BCUT2D eigenvalue weighted by atomic mass is 10.3. The smallest absolute Gasteiger partial charge is 0.111 e. The van der Waals surface area contributed by atoms with Gasteiger partial charge in [0.1, 0.15) is 5.82 Å². The van der Waals surface area contributed by atoms with Crippen molar-refractivity contribution >= 4 is 38.6 Å². The molecule has 0 unspecified atom stereocenters. The van der Waals surface area contributed by atoms with E-state index in [4.69, 9.17) is 11.6 Å². The fourth-order valence-electron chi connectivity index (χ4n) is 1.98. The Kier molecular flexibility index (Phi) is 4.65. The van der Waals surface area contributed by atoms with Crippen LogP contribution in [0.5, 0.6) is 0 Å². The molecule has 3 nitrogen and oxygen atoms in total. The lowest BCUT2D eigenvalue weighted by Crippen LogP contribution is -2.19. The fourth-order valence-corrected chi connectivity index (χ4v) is 2.50. The minimum Gasteiger partial charge on any atom is -0.327 e. The maximum atomic E-state index is 5.86. The molecule has 0 bridgehead atoms. The Labute approximate surface area is 121 Å². The largest absolute Gasteiger partial charge is 0.327 e. The first-order valence-corrected chi connectivity index (χ1v) is 7.30. The molecular weight excluding hydrogens is 314 g/mol. The molecule has 0 fully saturated rings. The lowest BCUT2D eigenvalue weighted by Gasteiger charge is -2.13. The lowest BCUT2D eigenvalue weighted by molar-refractivity contribution is 0.383. The topological polar surface area (TPSA) is 21.1 Å². The number of nitrogens with zero attached hydrogens (tertiary/aromatic N) is 3. The van der Waals surface area contributed by atoms with Crippen LogP contribution in [0.4, 0.5) is 0 Å². The summed E-state index contributed by atoms with van der Waals surface area (Å²) in [6.45, 7) is 1.94. The Balaban J connectivity index is 2.41. The van der Waals surface area contributed by atoms with Gasteiger partial charge in [0.15, 0.2) is 0 Å². The minimum absolute atomic E-state index is 0.604. The van der Waals surface area contributed by atoms with Crippen molar-refractivity contribution in [3.05, 3.63) is 28.5 Å². The van der Waals surface area contributed by atoms with Crippen LogP contribution >= 0.6 is 27.5 Å². The highest BCUT2D eigenvalue weighted by molar-refractivity contribution is 9.10. The van der Waals surface area contributed by atoms with E-state index in [1.807, 2.05) is 0 Å². The molecule has 0 spiro atoms. The highest BCUT2D eigenvalue weighted by atomic mass is 79.9. The number of aryl methyl sites for hydroxylation is 1. The van der Waals surface area contributed by atoms with Crippen molar-refractivity contribution in [1.82, 2.24) is 14.5 Å². The Bertz CT molecular complexity index is 536. The standard InChI is InChI=1S/C13H17BrClN3/c1-17(2)7-8-18-12-4-3-10(14)9-11(12)16-13(18)5-6-15/h3-4,9H,5-8H2,1-2H3. The van der Waals surface area contributed by atoms with Gasteiger partial charge in [-0.05, 0) is 32.3 Å². The van der Waals surface area contributed by atoms with Gasteiger partial charge in [-0.3, -0.25) is 0 Å². The van der Waals surface area contributed by atoms with Crippen LogP contribution < -0.4 is 0 Å². The molecule has 98 valence electrons. The summed E-state index contributed by atoms with van der Waals surface area (Å²) in [5.74, 6) is 1.67. The average molecular weight is 331 g/mol. The molecule has 0 aliphatic heterocycles. The number of imidazole rings is 1. The molecule has 0 atom stereocenters. The average Bonchev–Trinajstić information content (AvgIpc) is 2.63. The van der Waals surface area contributed by atoms with E-state index in [9.17, 15) is 0 Å². The molecular formula is C13H17BrClN3. The van der Waals surface area contributed by atoms with Crippen molar-refractivity contribution in [3.8, 4) is 0 Å². The van der Waals surface area contributed by atoms with Crippen LogP contribution in [-0.4, -0.2) is 41.0 Å². The molecule has 0 amide bonds. The summed E-state index contributed by atoms with van der Waals surface area (Å²) in [5, 5.41) is 0. The quantitative estimate of drug-likeness (QED) is 0.785. The third-order valence-corrected chi connectivity index (χ3v) is 3.56. The van der Waals surface area contributed by atoms with Crippen LogP contribution in [0.25, 0.3) is 11.0 Å². The first-order chi connectivity index (χ1) is 8.61. The number of aromatic nitrogens is 2. The van der Waals surface area contributed by atoms with Crippen molar-refractivity contribution in [2.45, 2.75) is 13.0 Å². The summed E-state index contributed by atoms with van der Waals surface area (Å²) in [6.07, 6.45) is 0.807. The second kappa shape index (κ2) is 6.04. The molecule has 1 aromatic carbocycles. The summed E-state index contributed by atoms with van der Waals surface area (Å²) in [6, 6.07) is 6.22. The van der Waals surface area contributed by atoms with E-state index < -0.39 is 0 Å². The van der Waals surface area contributed by atoms with Crippen molar-refractivity contribution in [2.75, 3.05) is 26.5 Å². The third kappa shape index (κ3) is 3.05. The maximum absolute atomic E-state index is 5.86. The second-order valence-corrected chi connectivity index (χ2v) is 5.85. The van der Waals surface area contributed by atoms with Crippen LogP contribution in [0.2, 0.25) is 0 Å². The summed E-state index contributed by atoms with van der Waals surface area (Å²) < 4.78 is 3.33. The van der Waals surface area contributed by atoms with Crippen LogP contribution in [0.15, 0.2) is 22.7 Å². The predicted molar refractivity (Wildman–Crippen MR) is 80.4 cm³/mol. The summed E-state index contributed by atoms with van der Waals surface area (Å²) in [5.41, 5.74) is 2.21. The molecule has 0 saturated heterocycles. The molecule has 1 heterocycles. The number of rotatable bonds is 5. The summed E-state index contributed by atoms with van der Waals surface area (Å²) >= 11 is 9.34. The van der Waals surface area contributed by atoms with E-state index in [-0.39, 0.29) is 0 Å². The van der Waals surface area contributed by atoms with Crippen molar-refractivity contribution < 1.29 is 0 Å². The highest BCUT2D eigenvalue weighted by Gasteiger charge is 2.10. The molecule has 0 aliphatic rings. The molecule has 0 aliphatic carbocycles. The van der Waals surface area contributed by atoms with Crippen molar-refractivity contribution in [2.24, 2.45) is 0 Å². The first kappa shape index (κ1) is 13.8. The van der Waals surface area contributed by atoms with Gasteiger partial charge in [0.25, 0.3) is 0 Å². The zero-order valence-corrected chi connectivity index (χ0v) is 13.0. The maximum Gasteiger partial charge on any atom is 0.111 e. The van der Waals surface area contributed by atoms with Crippen LogP contribution in [0, 0.1) is 0 Å². The van der Waals surface area contributed by atoms with Gasteiger partial charge in [-0.15, -0.1) is 11.6 Å². The Morgan fingerprint density at radius 1 is 1.39 bits per heavy atom. The van der Waals surface area contributed by atoms with E-state index in [2.05, 4.69) is 62.7 Å². The van der Waals surface area contributed by atoms with E-state index in [0.29, 0.717) is 5.88 Å². The van der Waals surface area contributed by atoms with Gasteiger partial charge in [0.2, 0.25) is 0 Å². The van der Waals surface area contributed by atoms with E-state index >= 15 is 0 Å². The van der Waals surface area contributed by atoms with Gasteiger partial charge >= 0.3 is 0 Å². The number of hydrogen-bond acceptors (Lipinski definition) is 2. The van der Waals surface area contributed by atoms with Gasteiger partial charge in [-0.2, -0.15) is 0 Å². The molecule has 2 aromatic rings. The van der Waals surface area contributed by atoms with Crippen molar-refractivity contribution in [3.63, 3.8) is 0 Å². The van der Waals surface area contributed by atoms with Crippen LogP contribution in [-0.2, 0) is 13.0 Å². The zero-order valence-electron chi connectivity index (χ0n) is 10.7. The number of halogens is 2. The van der Waals surface area contributed by atoms with E-state index in [1.165, 1.54) is 5.52 Å². The Hall–Kier alpha value is -0.580. The fraction of sp³-hybridized carbons (Fsp3) is 0.462. The number of benzene rings is 1. The minimum atomic E-state index is 0.604. The van der Waals surface area contributed by atoms with Crippen LogP contribution in [0.3, 0.4) is 0 Å². The Morgan fingerprint density at radius 3 is 2.83 bits per heavy atom. The second-order valence-electron chi connectivity index (χ2n) is 4.55. The monoisotopic (exact) mass is 329 g/mol. The SMILES string of the molecule is CN(C)CCn1c(CCCl)nc2cc(Br)ccc21. The summed E-state index contributed by atoms with van der Waals surface area (Å²) in [4.78, 5) is 6.85. The zero-order chi connectivity index (χ0) is 13.1. The number of fused-ring (bicyclic) bond motifs is 1. The van der Waals surface area contributed by atoms with E-state index in [1.54, 1.807) is 0 Å². The molecule has 1 aromatic heterocycles. The number of alkyl halides is 1. The Morgan fingerprint density at radius 2 is 2.17 bits per heavy atom. The molecule has 0 saturated carbocycles. The van der Waals surface area contributed by atoms with Gasteiger partial charge in [0.05, 0.1) is 11.0 Å². The van der Waals surface area contributed by atoms with Gasteiger partial charge in [-0.1, -0.05) is 15.9 Å². The normalized spacial score (nSPS) is 11.6. The predicted octanol–water partition coefficient (Wildman–Crippen LogP) is 3.14. The van der Waals surface area contributed by atoms with E-state index in [0.717, 1.165) is 35.3 Å². The molecule has 18 heavy (non-hydrogen) atoms. The van der Waals surface area contributed by atoms with Crippen molar-refractivity contribution in [1.29, 1.82) is 0 Å².